The van der Waals surface area contributed by atoms with Gasteiger partial charge in [-0.15, -0.1) is 0 Å². The van der Waals surface area contributed by atoms with Crippen LogP contribution < -0.4 is 5.73 Å². The van der Waals surface area contributed by atoms with Crippen LogP contribution in [0.2, 0.25) is 0 Å². The summed E-state index contributed by atoms with van der Waals surface area (Å²) in [6, 6.07) is 25.3. The van der Waals surface area contributed by atoms with Crippen molar-refractivity contribution in [3.63, 3.8) is 0 Å². The van der Waals surface area contributed by atoms with E-state index < -0.39 is 10.1 Å². The maximum absolute atomic E-state index is 13.8. The quantitative estimate of drug-likeness (QED) is 0.113. The minimum absolute atomic E-state index is 0.0666. The zero-order valence-corrected chi connectivity index (χ0v) is 39.2. The molecule has 4 aliphatic rings. The number of rotatable bonds is 8. The lowest BCUT2D eigenvalue weighted by Crippen LogP contribution is -2.10. The Morgan fingerprint density at radius 2 is 0.926 bits per heavy atom. The van der Waals surface area contributed by atoms with Crippen LogP contribution in [0.15, 0.2) is 122 Å². The van der Waals surface area contributed by atoms with Crippen LogP contribution in [0.25, 0.3) is 0 Å². The van der Waals surface area contributed by atoms with Crippen molar-refractivity contribution in [1.29, 1.82) is 0 Å². The molecular formula is C50H53F4N5O8S. The lowest BCUT2D eigenvalue weighted by Gasteiger charge is -2.09. The van der Waals surface area contributed by atoms with Crippen LogP contribution in [0.4, 0.5) is 17.6 Å². The topological polar surface area (TPSA) is 176 Å². The molecule has 13 nitrogen and oxygen atoms in total. The van der Waals surface area contributed by atoms with Crippen molar-refractivity contribution in [2.45, 2.75) is 77.0 Å². The zero-order valence-electron chi connectivity index (χ0n) is 38.4. The number of ether oxygens (including phenoxy) is 5. The minimum Gasteiger partial charge on any atom is -0.478 e. The molecule has 3 N–H and O–H groups in total. The van der Waals surface area contributed by atoms with Crippen LogP contribution in [0.1, 0.15) is 87.6 Å². The fraction of sp³-hybridized carbons (Fsp3) is 0.320. The van der Waals surface area contributed by atoms with Gasteiger partial charge in [0.05, 0.1) is 17.9 Å². The second kappa shape index (κ2) is 22.8. The molecule has 0 amide bonds. The molecule has 0 saturated carbocycles. The summed E-state index contributed by atoms with van der Waals surface area (Å²) in [6.45, 7) is 12.8. The van der Waals surface area contributed by atoms with Crippen LogP contribution in [0.5, 0.6) is 0 Å². The van der Waals surface area contributed by atoms with E-state index in [9.17, 15) is 26.0 Å². The summed E-state index contributed by atoms with van der Waals surface area (Å²) in [5.74, 6) is 0.139. The molecule has 0 aromatic heterocycles. The smallest absolute Gasteiger partial charge is 0.384 e. The number of nitrogens with zero attached hydrogens (tertiary/aromatic N) is 4. The fourth-order valence-electron chi connectivity index (χ4n) is 7.40. The van der Waals surface area contributed by atoms with Gasteiger partial charge in [-0.05, 0) is 122 Å². The van der Waals surface area contributed by atoms with Crippen LogP contribution in [-0.2, 0) is 33.8 Å². The fourth-order valence-corrected chi connectivity index (χ4v) is 7.88. The van der Waals surface area contributed by atoms with Crippen LogP contribution in [-0.4, -0.2) is 69.9 Å². The van der Waals surface area contributed by atoms with E-state index in [0.717, 1.165) is 27.8 Å². The first-order valence-corrected chi connectivity index (χ1v) is 23.1. The third kappa shape index (κ3) is 13.0. The van der Waals surface area contributed by atoms with Gasteiger partial charge in [0.1, 0.15) is 73.9 Å². The predicted octanol–water partition coefficient (Wildman–Crippen LogP) is 9.97. The van der Waals surface area contributed by atoms with E-state index in [1.807, 2.05) is 38.1 Å². The number of halogens is 4. The van der Waals surface area contributed by atoms with E-state index in [1.54, 1.807) is 64.1 Å². The largest absolute Gasteiger partial charge is 0.478 e. The second-order valence-electron chi connectivity index (χ2n) is 15.9. The summed E-state index contributed by atoms with van der Waals surface area (Å²) in [5.41, 5.74) is 12.1. The van der Waals surface area contributed by atoms with Crippen molar-refractivity contribution in [3.8, 4) is 0 Å². The molecule has 0 fully saturated rings. The van der Waals surface area contributed by atoms with Gasteiger partial charge < -0.3 is 29.4 Å². The van der Waals surface area contributed by atoms with Crippen molar-refractivity contribution in [1.82, 2.24) is 0 Å². The highest BCUT2D eigenvalue weighted by Crippen LogP contribution is 2.32. The number of amidine groups is 1. The lowest BCUT2D eigenvalue weighted by atomic mass is 10.0. The first kappa shape index (κ1) is 50.6. The third-order valence-electron chi connectivity index (χ3n) is 11.3. The van der Waals surface area contributed by atoms with E-state index in [1.165, 1.54) is 36.4 Å². The predicted molar refractivity (Wildman–Crippen MR) is 250 cm³/mol. The molecule has 0 radical (unpaired) electrons. The van der Waals surface area contributed by atoms with Crippen molar-refractivity contribution in [3.05, 3.63) is 170 Å². The first-order chi connectivity index (χ1) is 32.4. The van der Waals surface area contributed by atoms with Gasteiger partial charge in [0, 0.05) is 0 Å². The Bertz CT molecular complexity index is 2750. The Labute approximate surface area is 393 Å². The van der Waals surface area contributed by atoms with Gasteiger partial charge in [-0.2, -0.15) is 8.42 Å². The van der Waals surface area contributed by atoms with Crippen LogP contribution in [0.3, 0.4) is 0 Å². The van der Waals surface area contributed by atoms with Gasteiger partial charge >= 0.3 is 6.08 Å². The van der Waals surface area contributed by atoms with Gasteiger partial charge in [-0.1, -0.05) is 66.2 Å². The molecule has 0 bridgehead atoms. The summed E-state index contributed by atoms with van der Waals surface area (Å²) >= 11 is 0. The summed E-state index contributed by atoms with van der Waals surface area (Å²) in [6.07, 6.45) is 0.645. The molecule has 5 aromatic rings. The number of hydrogen-bond donors (Lipinski definition) is 2. The molecule has 9 rings (SSSR count). The Morgan fingerprint density at radius 3 is 1.29 bits per heavy atom. The zero-order chi connectivity index (χ0) is 49.1. The number of aliphatic imine (C=N–C) groups is 4. The van der Waals surface area contributed by atoms with Crippen molar-refractivity contribution in [2.24, 2.45) is 25.7 Å². The first-order valence-electron chi connectivity index (χ1n) is 21.7. The van der Waals surface area contributed by atoms with Crippen molar-refractivity contribution < 1.29 is 54.2 Å². The Morgan fingerprint density at radius 1 is 0.559 bits per heavy atom. The average Bonchev–Trinajstić information content (AvgIpc) is 4.15. The normalized spacial score (nSPS) is 19.1. The van der Waals surface area contributed by atoms with Gasteiger partial charge in [-0.3, -0.25) is 4.55 Å². The van der Waals surface area contributed by atoms with Crippen molar-refractivity contribution in [2.75, 3.05) is 33.0 Å². The Hall–Kier alpha value is -6.79. The molecular weight excluding hydrogens is 907 g/mol. The van der Waals surface area contributed by atoms with Crippen LogP contribution >= 0.6 is 0 Å². The van der Waals surface area contributed by atoms with Gasteiger partial charge in [-0.25, -0.2) is 37.5 Å². The third-order valence-corrected chi connectivity index (χ3v) is 12.1. The SMILES string of the molecule is CCOC1=N[C@@H](c2cccc(F)c2C)CO1.Cc1c(F)cccc1[C@H]1COC(CC2=N[C@@H](c3cccc(F)c3C)CO2)=N1.Cc1c(F)cccc1[C@H]1COC(N)=N1.Cc1ccc(S(=O)(=O)O)cc1. The van der Waals surface area contributed by atoms with Gasteiger partial charge in [0.15, 0.2) is 11.8 Å². The van der Waals surface area contributed by atoms with Gasteiger partial charge in [0.2, 0.25) is 0 Å². The highest BCUT2D eigenvalue weighted by molar-refractivity contribution is 7.85. The highest BCUT2D eigenvalue weighted by Gasteiger charge is 2.29. The molecule has 0 saturated heterocycles. The molecule has 4 heterocycles. The average molecular weight is 960 g/mol. The molecule has 0 spiro atoms. The highest BCUT2D eigenvalue weighted by atomic mass is 32.2. The molecule has 0 unspecified atom stereocenters. The molecule has 18 heteroatoms. The van der Waals surface area contributed by atoms with E-state index in [-0.39, 0.29) is 58.4 Å². The second-order valence-corrected chi connectivity index (χ2v) is 17.4. The molecule has 360 valence electrons. The summed E-state index contributed by atoms with van der Waals surface area (Å²) in [5, 5.41) is 0. The maximum atomic E-state index is 13.8. The summed E-state index contributed by atoms with van der Waals surface area (Å²) in [4.78, 5) is 17.4. The molecule has 4 aliphatic heterocycles. The maximum Gasteiger partial charge on any atom is 0.384 e. The standard InChI is InChI=1S/C21H20F2N2O2.C12H14FNO2.C10H11FN2O.C7H8O3S/c1-12-14(5-3-7-16(12)22)18-10-26-20(24-18)9-21-25-19(11-27-21)15-6-4-8-17(23)13(15)2;1-3-15-12-14-11(7-16-12)9-5-4-6-10(13)8(9)2;1-6-7(3-2-4-8(6)11)9-5-14-10(12)13-9;1-6-2-4-7(5-3-6)11(8,9)10/h3-8,18-19H,9-11H2,1-2H3;4-6,11H,3,7H2,1-2H3;2-4,9H,5H2,1H3,(H2,12,13);2-5H,1H3,(H,8,9,10)/t18-,19-;11-;9-;/m111./s1. The number of hydrogen-bond acceptors (Lipinski definition) is 12. The molecule has 4 atom stereocenters. The number of aryl methyl sites for hydroxylation is 1. The summed E-state index contributed by atoms with van der Waals surface area (Å²) < 4.78 is 110. The Kier molecular flexibility index (Phi) is 17.0. The van der Waals surface area contributed by atoms with Crippen LogP contribution in [0, 0.1) is 57.9 Å². The number of nitrogens with two attached hydrogens (primary N) is 1. The number of benzene rings is 5. The Balaban J connectivity index is 0.000000159. The van der Waals surface area contributed by atoms with Gasteiger partial charge in [0.25, 0.3) is 16.1 Å². The van der Waals surface area contributed by atoms with E-state index in [0.29, 0.717) is 79.6 Å². The minimum atomic E-state index is -4.02. The summed E-state index contributed by atoms with van der Waals surface area (Å²) in [7, 11) is -4.02. The van der Waals surface area contributed by atoms with Crippen molar-refractivity contribution >= 4 is 34.0 Å². The lowest BCUT2D eigenvalue weighted by molar-refractivity contribution is 0.193. The van der Waals surface area contributed by atoms with E-state index in [2.05, 4.69) is 20.0 Å². The molecule has 68 heavy (non-hydrogen) atoms. The monoisotopic (exact) mass is 959 g/mol. The molecule has 5 aromatic carbocycles. The van der Waals surface area contributed by atoms with E-state index in [4.69, 9.17) is 34.0 Å². The molecule has 0 aliphatic carbocycles. The van der Waals surface area contributed by atoms with E-state index >= 15 is 0 Å².